The predicted octanol–water partition coefficient (Wildman–Crippen LogP) is 2.12. The molecule has 1 aromatic heterocycles. The first-order chi connectivity index (χ1) is 13.2. The quantitative estimate of drug-likeness (QED) is 0.718. The van der Waals surface area contributed by atoms with E-state index in [1.54, 1.807) is 6.20 Å². The van der Waals surface area contributed by atoms with E-state index in [1.165, 1.54) is 5.57 Å². The molecule has 1 aromatic rings. The summed E-state index contributed by atoms with van der Waals surface area (Å²) in [5.74, 6) is 0.837. The zero-order valence-corrected chi connectivity index (χ0v) is 16.5. The molecule has 3 N–H and O–H groups in total. The number of aromatic nitrogens is 1. The minimum absolute atomic E-state index is 0.0835. The summed E-state index contributed by atoms with van der Waals surface area (Å²) in [5.41, 5.74) is 0.0151. The van der Waals surface area contributed by atoms with E-state index in [2.05, 4.69) is 18.2 Å². The predicted molar refractivity (Wildman–Crippen MR) is 101 cm³/mol. The molecule has 0 spiro atoms. The summed E-state index contributed by atoms with van der Waals surface area (Å²) >= 11 is 0. The van der Waals surface area contributed by atoms with Crippen molar-refractivity contribution in [1.82, 2.24) is 5.16 Å². The van der Waals surface area contributed by atoms with Crippen molar-refractivity contribution in [1.29, 1.82) is 0 Å². The van der Waals surface area contributed by atoms with Gasteiger partial charge in [-0.3, -0.25) is 4.79 Å². The molecule has 0 amide bonds. The van der Waals surface area contributed by atoms with Crippen molar-refractivity contribution >= 4 is 11.9 Å². The van der Waals surface area contributed by atoms with Crippen LogP contribution in [0.4, 0.5) is 0 Å². The van der Waals surface area contributed by atoms with Gasteiger partial charge in [0.05, 0.1) is 12.3 Å². The number of hydrogen-bond donors (Lipinski definition) is 3. The van der Waals surface area contributed by atoms with Crippen LogP contribution < -0.4 is 0 Å². The number of Topliss-reactive ketones (excluding diaryl/α,β-unsaturated/α-hetero) is 1. The monoisotopic (exact) mass is 387 g/mol. The molecule has 6 heteroatoms. The second kappa shape index (κ2) is 5.77. The largest absolute Gasteiger partial charge is 0.393 e. The van der Waals surface area contributed by atoms with Crippen LogP contribution in [0.2, 0.25) is 0 Å². The fourth-order valence-corrected chi connectivity index (χ4v) is 7.61. The summed E-state index contributed by atoms with van der Waals surface area (Å²) in [4.78, 5) is 12.5. The van der Waals surface area contributed by atoms with Crippen LogP contribution in [-0.4, -0.2) is 44.6 Å². The molecule has 4 unspecified atom stereocenters. The molecule has 3 saturated carbocycles. The van der Waals surface area contributed by atoms with Crippen LogP contribution in [0, 0.1) is 28.6 Å². The maximum atomic E-state index is 12.5. The molecule has 0 saturated heterocycles. The Morgan fingerprint density at radius 2 is 2.14 bits per heavy atom. The van der Waals surface area contributed by atoms with Crippen molar-refractivity contribution in [3.05, 3.63) is 23.1 Å². The summed E-state index contributed by atoms with van der Waals surface area (Å²) in [6, 6.07) is 0. The molecule has 0 aliphatic heterocycles. The molecule has 6 nitrogen and oxygen atoms in total. The number of aliphatic hydroxyl groups excluding tert-OH is 2. The van der Waals surface area contributed by atoms with E-state index in [0.29, 0.717) is 12.8 Å². The van der Waals surface area contributed by atoms with E-state index in [1.807, 2.05) is 6.92 Å². The Balaban J connectivity index is 1.55. The Morgan fingerprint density at radius 1 is 1.36 bits per heavy atom. The number of carbonyl (C=O) groups excluding carboxylic acids is 1. The van der Waals surface area contributed by atoms with Crippen molar-refractivity contribution in [2.45, 2.75) is 64.1 Å². The van der Waals surface area contributed by atoms with Gasteiger partial charge in [-0.1, -0.05) is 24.6 Å². The summed E-state index contributed by atoms with van der Waals surface area (Å²) in [5, 5.41) is 36.0. The summed E-state index contributed by atoms with van der Waals surface area (Å²) < 4.78 is 5.38. The van der Waals surface area contributed by atoms with Gasteiger partial charge in [0.15, 0.2) is 11.5 Å². The van der Waals surface area contributed by atoms with Gasteiger partial charge < -0.3 is 19.8 Å². The van der Waals surface area contributed by atoms with Crippen molar-refractivity contribution in [3.63, 3.8) is 0 Å². The topological polar surface area (TPSA) is 104 Å². The number of allylic oxidation sites excluding steroid dienone is 1. The first-order valence-electron chi connectivity index (χ1n) is 10.4. The average Bonchev–Trinajstić information content (AvgIpc) is 3.20. The van der Waals surface area contributed by atoms with Crippen LogP contribution in [-0.2, 0) is 11.2 Å². The van der Waals surface area contributed by atoms with Crippen molar-refractivity contribution < 1.29 is 24.6 Å². The summed E-state index contributed by atoms with van der Waals surface area (Å²) in [6.45, 7) is 3.55. The number of hydrogen-bond acceptors (Lipinski definition) is 6. The molecule has 28 heavy (non-hydrogen) atoms. The van der Waals surface area contributed by atoms with Crippen LogP contribution in [0.1, 0.15) is 57.3 Å². The minimum Gasteiger partial charge on any atom is -0.393 e. The van der Waals surface area contributed by atoms with Crippen LogP contribution in [0.3, 0.4) is 0 Å². The third-order valence-corrected chi connectivity index (χ3v) is 8.97. The highest BCUT2D eigenvalue weighted by Gasteiger charge is 2.68. The van der Waals surface area contributed by atoms with Gasteiger partial charge in [-0.2, -0.15) is 0 Å². The highest BCUT2D eigenvalue weighted by Crippen LogP contribution is 2.67. The normalized spacial score (nSPS) is 46.8. The van der Waals surface area contributed by atoms with E-state index in [0.717, 1.165) is 37.0 Å². The van der Waals surface area contributed by atoms with Gasteiger partial charge in [0, 0.05) is 11.0 Å². The highest BCUT2D eigenvalue weighted by atomic mass is 16.5. The third-order valence-electron chi connectivity index (χ3n) is 8.97. The lowest BCUT2D eigenvalue weighted by atomic mass is 9.45. The Bertz CT molecular complexity index is 861. The first-order valence-corrected chi connectivity index (χ1v) is 10.4. The Hall–Kier alpha value is -1.50. The van der Waals surface area contributed by atoms with Crippen molar-refractivity contribution in [3.8, 4) is 0 Å². The lowest BCUT2D eigenvalue weighted by Crippen LogP contribution is -2.62. The standard InChI is InChI=1S/C22H29NO5/c1-20-8-12-10-23-28-17(12)7-13(20)3-4-14-15-5-6-22(27,18(26)11-24)21(15,2)9-16(25)19(14)20/h7,10,14-16,19,24-25,27H,3-6,8-9,11H2,1-2H3/t14?,15?,16?,19?,20-,21-,22-/m0/s1. The first kappa shape index (κ1) is 18.5. The van der Waals surface area contributed by atoms with E-state index in [4.69, 9.17) is 4.52 Å². The molecule has 152 valence electrons. The number of nitrogens with zero attached hydrogens (tertiary/aromatic N) is 1. The van der Waals surface area contributed by atoms with Gasteiger partial charge in [0.25, 0.3) is 0 Å². The highest BCUT2D eigenvalue weighted by molar-refractivity contribution is 5.89. The molecule has 0 aromatic carbocycles. The Labute approximate surface area is 164 Å². The molecule has 1 heterocycles. The maximum Gasteiger partial charge on any atom is 0.190 e. The minimum atomic E-state index is -1.54. The number of aliphatic hydroxyl groups is 3. The number of fused-ring (bicyclic) bond motifs is 6. The molecule has 5 rings (SSSR count). The lowest BCUT2D eigenvalue weighted by molar-refractivity contribution is -0.181. The van der Waals surface area contributed by atoms with Gasteiger partial charge in [0.2, 0.25) is 0 Å². The summed E-state index contributed by atoms with van der Waals surface area (Å²) in [7, 11) is 0. The van der Waals surface area contributed by atoms with Crippen molar-refractivity contribution in [2.24, 2.45) is 28.6 Å². The van der Waals surface area contributed by atoms with Gasteiger partial charge in [-0.15, -0.1) is 0 Å². The van der Waals surface area contributed by atoms with Gasteiger partial charge in [-0.05, 0) is 67.8 Å². The molecule has 3 fully saturated rings. The number of rotatable bonds is 2. The number of carbonyl (C=O) groups is 1. The van der Waals surface area contributed by atoms with Gasteiger partial charge >= 0.3 is 0 Å². The lowest BCUT2D eigenvalue weighted by Gasteiger charge is -2.60. The van der Waals surface area contributed by atoms with Crippen LogP contribution in [0.15, 0.2) is 16.3 Å². The molecule has 4 aliphatic carbocycles. The SMILES string of the molecule is C[C@]12Cc3cnoc3C=C1CCC1C2C(O)C[C@@]2(C)C1CC[C@]2(O)C(=O)CO. The second-order valence-corrected chi connectivity index (χ2v) is 9.98. The Morgan fingerprint density at radius 3 is 2.89 bits per heavy atom. The second-order valence-electron chi connectivity index (χ2n) is 9.98. The van der Waals surface area contributed by atoms with E-state index in [9.17, 15) is 20.1 Å². The third kappa shape index (κ3) is 2.09. The maximum absolute atomic E-state index is 12.5. The Kier molecular flexibility index (Phi) is 3.82. The van der Waals surface area contributed by atoms with Crippen LogP contribution >= 0.6 is 0 Å². The van der Waals surface area contributed by atoms with Crippen molar-refractivity contribution in [2.75, 3.05) is 6.61 Å². The fraction of sp³-hybridized carbons (Fsp3) is 0.727. The molecule has 7 atom stereocenters. The average molecular weight is 387 g/mol. The summed E-state index contributed by atoms with van der Waals surface area (Å²) in [6.07, 6.45) is 7.50. The molecule has 4 aliphatic rings. The zero-order valence-electron chi connectivity index (χ0n) is 16.5. The molecular formula is C22H29NO5. The molecular weight excluding hydrogens is 358 g/mol. The molecule has 0 radical (unpaired) electrons. The van der Waals surface area contributed by atoms with E-state index >= 15 is 0 Å². The van der Waals surface area contributed by atoms with E-state index < -0.39 is 29.5 Å². The van der Waals surface area contributed by atoms with Gasteiger partial charge in [0.1, 0.15) is 12.2 Å². The van der Waals surface area contributed by atoms with Crippen LogP contribution in [0.25, 0.3) is 6.08 Å². The fourth-order valence-electron chi connectivity index (χ4n) is 7.61. The zero-order chi connectivity index (χ0) is 19.9. The van der Waals surface area contributed by atoms with Gasteiger partial charge in [-0.25, -0.2) is 0 Å². The van der Waals surface area contributed by atoms with E-state index in [-0.39, 0.29) is 23.2 Å². The smallest absolute Gasteiger partial charge is 0.190 e. The number of ketones is 1. The van der Waals surface area contributed by atoms with Crippen LogP contribution in [0.5, 0.6) is 0 Å². The molecule has 0 bridgehead atoms.